The fourth-order valence-corrected chi connectivity index (χ4v) is 3.91. The lowest BCUT2D eigenvalue weighted by atomic mass is 9.92. The molecule has 5 heteroatoms. The van der Waals surface area contributed by atoms with E-state index in [4.69, 9.17) is 4.74 Å². The molecule has 2 aliphatic rings. The van der Waals surface area contributed by atoms with Crippen LogP contribution in [0.15, 0.2) is 29.1 Å². The minimum atomic E-state index is -0.274. The Labute approximate surface area is 140 Å². The van der Waals surface area contributed by atoms with Crippen LogP contribution >= 0.6 is 0 Å². The van der Waals surface area contributed by atoms with Crippen molar-refractivity contribution in [1.82, 2.24) is 9.88 Å². The molecule has 1 N–H and O–H groups in total. The summed E-state index contributed by atoms with van der Waals surface area (Å²) in [6.45, 7) is 5.70. The minimum absolute atomic E-state index is 0.0898. The summed E-state index contributed by atoms with van der Waals surface area (Å²) < 4.78 is 5.66. The van der Waals surface area contributed by atoms with E-state index in [0.29, 0.717) is 36.8 Å². The van der Waals surface area contributed by atoms with Crippen LogP contribution in [0, 0.1) is 12.8 Å². The fourth-order valence-electron chi connectivity index (χ4n) is 3.91. The maximum Gasteiger partial charge on any atom is 0.271 e. The van der Waals surface area contributed by atoms with E-state index in [1.54, 1.807) is 6.07 Å². The monoisotopic (exact) mass is 326 g/mol. The summed E-state index contributed by atoms with van der Waals surface area (Å²) in [5, 5.41) is 1.46. The van der Waals surface area contributed by atoms with Crippen LogP contribution < -0.4 is 5.56 Å². The molecule has 0 radical (unpaired) electrons. The van der Waals surface area contributed by atoms with Crippen LogP contribution in [-0.2, 0) is 4.74 Å². The normalized spacial score (nSPS) is 24.3. The molecule has 0 spiro atoms. The van der Waals surface area contributed by atoms with Gasteiger partial charge in [0.1, 0.15) is 5.69 Å². The van der Waals surface area contributed by atoms with Gasteiger partial charge in [0.25, 0.3) is 11.5 Å². The summed E-state index contributed by atoms with van der Waals surface area (Å²) in [6, 6.07) is 7.42. The van der Waals surface area contributed by atoms with Crippen LogP contribution in [0.2, 0.25) is 0 Å². The molecule has 2 heterocycles. The van der Waals surface area contributed by atoms with Crippen molar-refractivity contribution in [3.63, 3.8) is 0 Å². The van der Waals surface area contributed by atoms with Crippen LogP contribution in [0.3, 0.4) is 0 Å². The Morgan fingerprint density at radius 3 is 2.71 bits per heavy atom. The highest BCUT2D eigenvalue weighted by Gasteiger charge is 2.49. The molecule has 4 rings (SSSR count). The van der Waals surface area contributed by atoms with Gasteiger partial charge >= 0.3 is 0 Å². The molecule has 1 aliphatic heterocycles. The molecule has 1 aliphatic carbocycles. The average Bonchev–Trinajstić information content (AvgIpc) is 3.43. The lowest BCUT2D eigenvalue weighted by Gasteiger charge is -2.45. The standard InChI is InChI=1S/C19H22N2O3/c1-12-14-5-3-4-6-15(14)17(22)20-16(12)18(23)21-9-10-24-11-19(21,2)13-7-8-13/h3-6,13H,7-11H2,1-2H3,(H,20,22). The number of fused-ring (bicyclic) bond motifs is 1. The third-order valence-corrected chi connectivity index (χ3v) is 5.58. The zero-order chi connectivity index (χ0) is 16.9. The van der Waals surface area contributed by atoms with Crippen molar-refractivity contribution in [2.75, 3.05) is 19.8 Å². The number of carbonyl (C=O) groups excluding carboxylic acids is 1. The van der Waals surface area contributed by atoms with Crippen LogP contribution in [-0.4, -0.2) is 41.1 Å². The van der Waals surface area contributed by atoms with Gasteiger partial charge in [0.05, 0.1) is 18.8 Å². The van der Waals surface area contributed by atoms with E-state index in [0.717, 1.165) is 23.8 Å². The summed E-state index contributed by atoms with van der Waals surface area (Å²) in [7, 11) is 0. The second-order valence-corrected chi connectivity index (χ2v) is 7.14. The number of morpholine rings is 1. The first kappa shape index (κ1) is 15.4. The van der Waals surface area contributed by atoms with Gasteiger partial charge in [0.2, 0.25) is 0 Å². The van der Waals surface area contributed by atoms with E-state index < -0.39 is 0 Å². The van der Waals surface area contributed by atoms with Gasteiger partial charge in [-0.1, -0.05) is 18.2 Å². The number of aromatic nitrogens is 1. The van der Waals surface area contributed by atoms with Gasteiger partial charge in [-0.05, 0) is 49.6 Å². The van der Waals surface area contributed by atoms with Crippen LogP contribution in [0.4, 0.5) is 0 Å². The zero-order valence-electron chi connectivity index (χ0n) is 14.1. The van der Waals surface area contributed by atoms with Gasteiger partial charge in [-0.3, -0.25) is 9.59 Å². The van der Waals surface area contributed by atoms with Crippen molar-refractivity contribution in [2.24, 2.45) is 5.92 Å². The second kappa shape index (κ2) is 5.45. The maximum atomic E-state index is 13.3. The van der Waals surface area contributed by atoms with Gasteiger partial charge in [-0.15, -0.1) is 0 Å². The molecule has 5 nitrogen and oxygen atoms in total. The Hall–Kier alpha value is -2.14. The molecule has 0 bridgehead atoms. The van der Waals surface area contributed by atoms with E-state index in [-0.39, 0.29) is 17.0 Å². The summed E-state index contributed by atoms with van der Waals surface area (Å²) in [6.07, 6.45) is 2.27. The predicted octanol–water partition coefficient (Wildman–Crippen LogP) is 2.48. The van der Waals surface area contributed by atoms with Crippen molar-refractivity contribution >= 4 is 16.7 Å². The quantitative estimate of drug-likeness (QED) is 0.922. The average molecular weight is 326 g/mol. The number of hydrogen-bond acceptors (Lipinski definition) is 3. The summed E-state index contributed by atoms with van der Waals surface area (Å²) >= 11 is 0. The number of benzene rings is 1. The van der Waals surface area contributed by atoms with E-state index in [1.807, 2.05) is 30.0 Å². The molecule has 1 unspecified atom stereocenters. The lowest BCUT2D eigenvalue weighted by Crippen LogP contribution is -2.59. The SMILES string of the molecule is Cc1c(C(=O)N2CCOCC2(C)C2CC2)[nH]c(=O)c2ccccc12. The number of pyridine rings is 1. The molecule has 126 valence electrons. The number of nitrogens with zero attached hydrogens (tertiary/aromatic N) is 1. The van der Waals surface area contributed by atoms with E-state index >= 15 is 0 Å². The van der Waals surface area contributed by atoms with Gasteiger partial charge < -0.3 is 14.6 Å². The summed E-state index contributed by atoms with van der Waals surface area (Å²) in [5.74, 6) is 0.405. The molecule has 1 atom stereocenters. The number of nitrogens with one attached hydrogen (secondary N) is 1. The highest BCUT2D eigenvalue weighted by atomic mass is 16.5. The first-order valence-electron chi connectivity index (χ1n) is 8.54. The predicted molar refractivity (Wildman–Crippen MR) is 92.3 cm³/mol. The summed E-state index contributed by atoms with van der Waals surface area (Å²) in [4.78, 5) is 30.4. The number of H-pyrrole nitrogens is 1. The smallest absolute Gasteiger partial charge is 0.271 e. The van der Waals surface area contributed by atoms with Gasteiger partial charge in [0.15, 0.2) is 0 Å². The van der Waals surface area contributed by atoms with Crippen molar-refractivity contribution in [2.45, 2.75) is 32.2 Å². The summed E-state index contributed by atoms with van der Waals surface area (Å²) in [5.41, 5.74) is 0.762. The first-order chi connectivity index (χ1) is 11.5. The molecular formula is C19H22N2O3. The van der Waals surface area contributed by atoms with Gasteiger partial charge in [-0.25, -0.2) is 0 Å². The fraction of sp³-hybridized carbons (Fsp3) is 0.474. The number of amides is 1. The Bertz CT molecular complexity index is 869. The molecule has 2 aromatic rings. The van der Waals surface area contributed by atoms with Crippen molar-refractivity contribution < 1.29 is 9.53 Å². The van der Waals surface area contributed by atoms with Crippen LogP contribution in [0.1, 0.15) is 35.8 Å². The second-order valence-electron chi connectivity index (χ2n) is 7.14. The molecule has 1 aromatic heterocycles. The molecule has 1 saturated carbocycles. The Morgan fingerprint density at radius 1 is 1.29 bits per heavy atom. The largest absolute Gasteiger partial charge is 0.377 e. The first-order valence-corrected chi connectivity index (χ1v) is 8.54. The minimum Gasteiger partial charge on any atom is -0.377 e. The number of ether oxygens (including phenoxy) is 1. The highest BCUT2D eigenvalue weighted by Crippen LogP contribution is 2.44. The highest BCUT2D eigenvalue weighted by molar-refractivity contribution is 5.99. The number of carbonyl (C=O) groups is 1. The van der Waals surface area contributed by atoms with Crippen molar-refractivity contribution in [3.8, 4) is 0 Å². The molecule has 24 heavy (non-hydrogen) atoms. The zero-order valence-corrected chi connectivity index (χ0v) is 14.1. The van der Waals surface area contributed by atoms with E-state index in [2.05, 4.69) is 11.9 Å². The van der Waals surface area contributed by atoms with Crippen molar-refractivity contribution in [1.29, 1.82) is 0 Å². The molecule has 1 aromatic carbocycles. The molecule has 2 fully saturated rings. The number of aryl methyl sites for hydroxylation is 1. The van der Waals surface area contributed by atoms with E-state index in [1.165, 1.54) is 0 Å². The number of aromatic amines is 1. The molecular weight excluding hydrogens is 304 g/mol. The maximum absolute atomic E-state index is 13.3. The van der Waals surface area contributed by atoms with Gasteiger partial charge in [-0.2, -0.15) is 0 Å². The van der Waals surface area contributed by atoms with Crippen LogP contribution in [0.25, 0.3) is 10.8 Å². The van der Waals surface area contributed by atoms with Gasteiger partial charge in [0, 0.05) is 11.9 Å². The lowest BCUT2D eigenvalue weighted by molar-refractivity contribution is -0.0550. The molecule has 1 amide bonds. The Balaban J connectivity index is 1.80. The third kappa shape index (κ3) is 2.26. The van der Waals surface area contributed by atoms with Crippen LogP contribution in [0.5, 0.6) is 0 Å². The number of hydrogen-bond donors (Lipinski definition) is 1. The molecule has 1 saturated heterocycles. The van der Waals surface area contributed by atoms with Crippen molar-refractivity contribution in [3.05, 3.63) is 45.9 Å². The topological polar surface area (TPSA) is 62.4 Å². The number of rotatable bonds is 2. The third-order valence-electron chi connectivity index (χ3n) is 5.58. The Kier molecular flexibility index (Phi) is 3.49. The Morgan fingerprint density at radius 2 is 2.00 bits per heavy atom. The van der Waals surface area contributed by atoms with E-state index in [9.17, 15) is 9.59 Å².